The number of amides is 2. The topological polar surface area (TPSA) is 36.8 Å². The summed E-state index contributed by atoms with van der Waals surface area (Å²) in [5.41, 5.74) is 3.25. The molecule has 2 rings (SSSR count). The van der Waals surface area contributed by atoms with Gasteiger partial charge in [0.1, 0.15) is 0 Å². The van der Waals surface area contributed by atoms with Crippen LogP contribution in [0, 0.1) is 13.8 Å². The summed E-state index contributed by atoms with van der Waals surface area (Å²) in [4.78, 5) is 15.7. The molecule has 1 aliphatic heterocycles. The second kappa shape index (κ2) is 6.06. The van der Waals surface area contributed by atoms with Gasteiger partial charge in [-0.1, -0.05) is 17.7 Å². The number of piperazine rings is 1. The second-order valence-electron chi connectivity index (χ2n) is 5.34. The lowest BCUT2D eigenvalue weighted by atomic mass is 10.1. The molecule has 19 heavy (non-hydrogen) atoms. The third-order valence-electron chi connectivity index (χ3n) is 3.88. The average molecular weight is 262 g/mol. The van der Waals surface area contributed by atoms with Crippen LogP contribution in [0.3, 0.4) is 0 Å². The second-order valence-corrected chi connectivity index (χ2v) is 5.34. The van der Waals surface area contributed by atoms with E-state index in [1.54, 1.807) is 4.90 Å². The van der Waals surface area contributed by atoms with Crippen LogP contribution in [0.1, 0.15) is 18.1 Å². The van der Waals surface area contributed by atoms with Gasteiger partial charge in [0.25, 0.3) is 0 Å². The Balaban J connectivity index is 1.94. The Morgan fingerprint density at radius 3 is 2.58 bits per heavy atom. The van der Waals surface area contributed by atoms with E-state index in [2.05, 4.69) is 25.2 Å². The lowest BCUT2D eigenvalue weighted by molar-refractivity contribution is -0.902. The van der Waals surface area contributed by atoms with Crippen LogP contribution in [0.25, 0.3) is 0 Å². The Morgan fingerprint density at radius 2 is 2.00 bits per heavy atom. The molecule has 4 nitrogen and oxygen atoms in total. The number of urea groups is 1. The van der Waals surface area contributed by atoms with Gasteiger partial charge in [-0.2, -0.15) is 0 Å². The maximum absolute atomic E-state index is 12.2. The van der Waals surface area contributed by atoms with Gasteiger partial charge in [-0.25, -0.2) is 4.79 Å². The molecule has 1 aromatic rings. The molecular formula is C15H24N3O+. The van der Waals surface area contributed by atoms with E-state index in [9.17, 15) is 4.79 Å². The molecule has 104 valence electrons. The lowest BCUT2D eigenvalue weighted by Gasteiger charge is -2.31. The van der Waals surface area contributed by atoms with E-state index in [0.29, 0.717) is 0 Å². The quantitative estimate of drug-likeness (QED) is 0.821. The van der Waals surface area contributed by atoms with Crippen LogP contribution in [0.15, 0.2) is 18.2 Å². The number of likely N-dealkylation sites (N-methyl/N-ethyl adjacent to an activating group) is 1. The minimum Gasteiger partial charge on any atom is -0.332 e. The number of nitrogens with one attached hydrogen (secondary N) is 2. The molecule has 0 aliphatic carbocycles. The Bertz CT molecular complexity index is 451. The highest BCUT2D eigenvalue weighted by Gasteiger charge is 2.22. The Hall–Kier alpha value is -1.55. The SMILES string of the molecule is CC[NH+]1CCN(C(=O)Nc2ccc(C)cc2C)CC1. The third-order valence-corrected chi connectivity index (χ3v) is 3.88. The number of hydrogen-bond donors (Lipinski definition) is 2. The van der Waals surface area contributed by atoms with E-state index in [4.69, 9.17) is 0 Å². The van der Waals surface area contributed by atoms with Crippen LogP contribution >= 0.6 is 0 Å². The molecule has 0 saturated carbocycles. The van der Waals surface area contributed by atoms with Crippen molar-refractivity contribution in [2.45, 2.75) is 20.8 Å². The maximum Gasteiger partial charge on any atom is 0.322 e. The van der Waals surface area contributed by atoms with Crippen molar-refractivity contribution in [2.75, 3.05) is 38.0 Å². The van der Waals surface area contributed by atoms with E-state index in [1.165, 1.54) is 5.56 Å². The summed E-state index contributed by atoms with van der Waals surface area (Å²) in [5.74, 6) is 0. The van der Waals surface area contributed by atoms with Crippen molar-refractivity contribution in [1.29, 1.82) is 0 Å². The number of carbonyl (C=O) groups excluding carboxylic acids is 1. The molecule has 1 aliphatic rings. The van der Waals surface area contributed by atoms with Gasteiger partial charge in [0, 0.05) is 5.69 Å². The van der Waals surface area contributed by atoms with Crippen LogP contribution in [0.4, 0.5) is 10.5 Å². The Labute approximate surface area is 115 Å². The third kappa shape index (κ3) is 3.47. The van der Waals surface area contributed by atoms with Crippen molar-refractivity contribution in [3.8, 4) is 0 Å². The fraction of sp³-hybridized carbons (Fsp3) is 0.533. The van der Waals surface area contributed by atoms with Crippen LogP contribution < -0.4 is 10.2 Å². The van der Waals surface area contributed by atoms with Crippen LogP contribution in [-0.4, -0.2) is 43.7 Å². The fourth-order valence-electron chi connectivity index (χ4n) is 2.53. The zero-order chi connectivity index (χ0) is 13.8. The molecule has 1 heterocycles. The minimum absolute atomic E-state index is 0.0297. The fourth-order valence-corrected chi connectivity index (χ4v) is 2.53. The molecule has 0 unspecified atom stereocenters. The van der Waals surface area contributed by atoms with Crippen molar-refractivity contribution in [2.24, 2.45) is 0 Å². The van der Waals surface area contributed by atoms with Crippen molar-refractivity contribution in [1.82, 2.24) is 4.90 Å². The normalized spacial score (nSPS) is 16.5. The first-order valence-corrected chi connectivity index (χ1v) is 7.07. The molecule has 1 saturated heterocycles. The van der Waals surface area contributed by atoms with Gasteiger partial charge in [0.05, 0.1) is 32.7 Å². The van der Waals surface area contributed by atoms with Crippen molar-refractivity contribution in [3.63, 3.8) is 0 Å². The van der Waals surface area contributed by atoms with Crippen LogP contribution in [0.2, 0.25) is 0 Å². The predicted octanol–water partition coefficient (Wildman–Crippen LogP) is 1.06. The van der Waals surface area contributed by atoms with Gasteiger partial charge in [0.2, 0.25) is 0 Å². The predicted molar refractivity (Wildman–Crippen MR) is 77.7 cm³/mol. The standard InChI is InChI=1S/C15H23N3O/c1-4-17-7-9-18(10-8-17)15(19)16-14-6-5-12(2)11-13(14)3/h5-6,11H,4,7-10H2,1-3H3,(H,16,19)/p+1. The Kier molecular flexibility index (Phi) is 4.43. The summed E-state index contributed by atoms with van der Waals surface area (Å²) in [6, 6.07) is 6.13. The summed E-state index contributed by atoms with van der Waals surface area (Å²) in [6.45, 7) is 11.2. The number of rotatable bonds is 2. The van der Waals surface area contributed by atoms with E-state index in [1.807, 2.05) is 24.0 Å². The van der Waals surface area contributed by atoms with E-state index < -0.39 is 0 Å². The summed E-state index contributed by atoms with van der Waals surface area (Å²) in [6.07, 6.45) is 0. The van der Waals surface area contributed by atoms with Gasteiger partial charge < -0.3 is 15.1 Å². The van der Waals surface area contributed by atoms with Gasteiger partial charge >= 0.3 is 6.03 Å². The highest BCUT2D eigenvalue weighted by Crippen LogP contribution is 2.16. The highest BCUT2D eigenvalue weighted by atomic mass is 16.2. The molecule has 2 amide bonds. The van der Waals surface area contributed by atoms with Gasteiger partial charge in [0.15, 0.2) is 0 Å². The molecule has 0 aromatic heterocycles. The number of carbonyl (C=O) groups is 1. The molecule has 2 N–H and O–H groups in total. The van der Waals surface area contributed by atoms with Crippen molar-refractivity contribution in [3.05, 3.63) is 29.3 Å². The van der Waals surface area contributed by atoms with E-state index >= 15 is 0 Å². The number of benzene rings is 1. The van der Waals surface area contributed by atoms with Crippen molar-refractivity contribution < 1.29 is 9.69 Å². The van der Waals surface area contributed by atoms with Crippen LogP contribution in [0.5, 0.6) is 0 Å². The number of anilines is 1. The monoisotopic (exact) mass is 262 g/mol. The minimum atomic E-state index is 0.0297. The smallest absolute Gasteiger partial charge is 0.322 e. The van der Waals surface area contributed by atoms with Gasteiger partial charge in [-0.15, -0.1) is 0 Å². The van der Waals surface area contributed by atoms with Gasteiger partial charge in [-0.3, -0.25) is 0 Å². The summed E-state index contributed by atoms with van der Waals surface area (Å²) >= 11 is 0. The summed E-state index contributed by atoms with van der Waals surface area (Å²) < 4.78 is 0. The number of hydrogen-bond acceptors (Lipinski definition) is 1. The molecular weight excluding hydrogens is 238 g/mol. The molecule has 1 fully saturated rings. The maximum atomic E-state index is 12.2. The molecule has 0 spiro atoms. The largest absolute Gasteiger partial charge is 0.332 e. The van der Waals surface area contributed by atoms with E-state index in [-0.39, 0.29) is 6.03 Å². The zero-order valence-electron chi connectivity index (χ0n) is 12.1. The molecule has 4 heteroatoms. The van der Waals surface area contributed by atoms with Crippen LogP contribution in [-0.2, 0) is 0 Å². The molecule has 0 bridgehead atoms. The summed E-state index contributed by atoms with van der Waals surface area (Å²) in [7, 11) is 0. The van der Waals surface area contributed by atoms with Gasteiger partial charge in [-0.05, 0) is 32.4 Å². The first kappa shape index (κ1) is 13.9. The zero-order valence-corrected chi connectivity index (χ0v) is 12.1. The average Bonchev–Trinajstić information content (AvgIpc) is 2.42. The molecule has 0 atom stereocenters. The number of aryl methyl sites for hydroxylation is 2. The Morgan fingerprint density at radius 1 is 1.32 bits per heavy atom. The first-order valence-electron chi connectivity index (χ1n) is 7.07. The molecule has 1 aromatic carbocycles. The first-order chi connectivity index (χ1) is 9.10. The summed E-state index contributed by atoms with van der Waals surface area (Å²) in [5, 5.41) is 3.02. The van der Waals surface area contributed by atoms with Crippen molar-refractivity contribution >= 4 is 11.7 Å². The van der Waals surface area contributed by atoms with E-state index in [0.717, 1.165) is 44.0 Å². The molecule has 0 radical (unpaired) electrons. The number of quaternary nitrogens is 1. The lowest BCUT2D eigenvalue weighted by Crippen LogP contribution is -3.14. The number of nitrogens with zero attached hydrogens (tertiary/aromatic N) is 1. The highest BCUT2D eigenvalue weighted by molar-refractivity contribution is 5.90.